The largest absolute Gasteiger partial charge is 0.550 e. The molecule has 1 saturated heterocycles. The van der Waals surface area contributed by atoms with Crippen LogP contribution in [0, 0.1) is 0 Å². The summed E-state index contributed by atoms with van der Waals surface area (Å²) in [5.41, 5.74) is 2.90. The maximum Gasteiger partial charge on any atom is 0.123 e. The molecular formula is C17H21N3O2S. The molecule has 5 nitrogen and oxygen atoms in total. The SMILES string of the molecule is C[NH+]1CCN(Cc2ccc(-c3nc(CC(=O)[O-])cs3)cc2)CC1. The molecule has 2 heterocycles. The van der Waals surface area contributed by atoms with Crippen molar-refractivity contribution in [3.05, 3.63) is 40.9 Å². The third-order valence-electron chi connectivity index (χ3n) is 4.19. The fraction of sp³-hybridized carbons (Fsp3) is 0.412. The predicted octanol–water partition coefficient (Wildman–Crippen LogP) is -0.567. The quantitative estimate of drug-likeness (QED) is 0.797. The van der Waals surface area contributed by atoms with Gasteiger partial charge in [0, 0.05) is 43.0 Å². The topological polar surface area (TPSA) is 60.7 Å². The summed E-state index contributed by atoms with van der Waals surface area (Å²) in [6, 6.07) is 8.41. The fourth-order valence-electron chi connectivity index (χ4n) is 2.77. The molecular weight excluding hydrogens is 310 g/mol. The zero-order chi connectivity index (χ0) is 16.2. The number of aromatic nitrogens is 1. The Morgan fingerprint density at radius 3 is 2.65 bits per heavy atom. The van der Waals surface area contributed by atoms with Crippen molar-refractivity contribution in [3.63, 3.8) is 0 Å². The first kappa shape index (κ1) is 16.1. The van der Waals surface area contributed by atoms with E-state index < -0.39 is 5.97 Å². The molecule has 0 saturated carbocycles. The highest BCUT2D eigenvalue weighted by molar-refractivity contribution is 7.13. The second-order valence-electron chi connectivity index (χ2n) is 6.12. The molecule has 1 fully saturated rings. The van der Waals surface area contributed by atoms with Crippen molar-refractivity contribution < 1.29 is 14.8 Å². The minimum absolute atomic E-state index is 0.125. The fourth-order valence-corrected chi connectivity index (χ4v) is 3.60. The van der Waals surface area contributed by atoms with Crippen LogP contribution in [0.1, 0.15) is 11.3 Å². The van der Waals surface area contributed by atoms with Crippen molar-refractivity contribution in [2.45, 2.75) is 13.0 Å². The molecule has 0 amide bonds. The van der Waals surface area contributed by atoms with Gasteiger partial charge in [0.15, 0.2) is 0 Å². The number of carbonyl (C=O) groups is 1. The monoisotopic (exact) mass is 331 g/mol. The lowest BCUT2D eigenvalue weighted by Gasteiger charge is -2.29. The number of carbonyl (C=O) groups excluding carboxylic acids is 1. The van der Waals surface area contributed by atoms with Crippen LogP contribution in [-0.2, 0) is 17.8 Å². The molecule has 0 bridgehead atoms. The summed E-state index contributed by atoms with van der Waals surface area (Å²) in [5, 5.41) is 13.3. The number of carboxylic acids is 1. The Balaban J connectivity index is 1.62. The highest BCUT2D eigenvalue weighted by Crippen LogP contribution is 2.24. The Morgan fingerprint density at radius 1 is 1.30 bits per heavy atom. The van der Waals surface area contributed by atoms with Gasteiger partial charge in [0.2, 0.25) is 0 Å². The van der Waals surface area contributed by atoms with Crippen LogP contribution >= 0.6 is 11.3 Å². The number of benzene rings is 1. The molecule has 1 aromatic carbocycles. The number of quaternary nitrogens is 1. The minimum Gasteiger partial charge on any atom is -0.550 e. The van der Waals surface area contributed by atoms with Crippen LogP contribution in [-0.4, -0.2) is 49.1 Å². The van der Waals surface area contributed by atoms with Crippen LogP contribution in [0.15, 0.2) is 29.6 Å². The lowest BCUT2D eigenvalue weighted by Crippen LogP contribution is -3.11. The maximum absolute atomic E-state index is 10.6. The standard InChI is InChI=1S/C17H21N3O2S/c1-19-6-8-20(9-7-19)11-13-2-4-14(5-3-13)17-18-15(12-23-17)10-16(21)22/h2-5,12H,6-11H2,1H3,(H,21,22). The van der Waals surface area contributed by atoms with Gasteiger partial charge in [0.05, 0.1) is 25.8 Å². The van der Waals surface area contributed by atoms with Gasteiger partial charge >= 0.3 is 0 Å². The Kier molecular flexibility index (Phi) is 5.05. The van der Waals surface area contributed by atoms with E-state index in [0.717, 1.165) is 30.2 Å². The molecule has 0 unspecified atom stereocenters. The Hall–Kier alpha value is -1.76. The first-order chi connectivity index (χ1) is 11.1. The van der Waals surface area contributed by atoms with E-state index in [1.807, 2.05) is 0 Å². The summed E-state index contributed by atoms with van der Waals surface area (Å²) in [6.07, 6.45) is -0.125. The van der Waals surface area contributed by atoms with Crippen LogP contribution in [0.2, 0.25) is 0 Å². The van der Waals surface area contributed by atoms with E-state index in [1.54, 1.807) is 10.3 Å². The van der Waals surface area contributed by atoms with Gasteiger partial charge in [-0.2, -0.15) is 0 Å². The van der Waals surface area contributed by atoms with Crippen molar-refractivity contribution in [2.75, 3.05) is 33.2 Å². The minimum atomic E-state index is -1.09. The van der Waals surface area contributed by atoms with Crippen LogP contribution in [0.3, 0.4) is 0 Å². The summed E-state index contributed by atoms with van der Waals surface area (Å²) in [6.45, 7) is 5.69. The molecule has 0 atom stereocenters. The molecule has 6 heteroatoms. The van der Waals surface area contributed by atoms with Crippen molar-refractivity contribution in [1.29, 1.82) is 0 Å². The number of carboxylic acid groups (broad SMARTS) is 1. The number of rotatable bonds is 5. The molecule has 0 aliphatic carbocycles. The van der Waals surface area contributed by atoms with Crippen LogP contribution in [0.4, 0.5) is 0 Å². The van der Waals surface area contributed by atoms with Gasteiger partial charge in [-0.25, -0.2) is 4.98 Å². The summed E-state index contributed by atoms with van der Waals surface area (Å²) in [4.78, 5) is 19.1. The van der Waals surface area contributed by atoms with Gasteiger partial charge in [-0.3, -0.25) is 4.90 Å². The van der Waals surface area contributed by atoms with Crippen molar-refractivity contribution in [2.24, 2.45) is 0 Å². The molecule has 1 aromatic heterocycles. The van der Waals surface area contributed by atoms with E-state index in [-0.39, 0.29) is 6.42 Å². The average molecular weight is 331 g/mol. The van der Waals surface area contributed by atoms with Crippen molar-refractivity contribution in [1.82, 2.24) is 9.88 Å². The zero-order valence-electron chi connectivity index (χ0n) is 13.2. The van der Waals surface area contributed by atoms with Gasteiger partial charge in [0.25, 0.3) is 0 Å². The summed E-state index contributed by atoms with van der Waals surface area (Å²) in [5.74, 6) is -1.09. The van der Waals surface area contributed by atoms with Gasteiger partial charge in [-0.1, -0.05) is 24.3 Å². The lowest BCUT2D eigenvalue weighted by molar-refractivity contribution is -0.884. The molecule has 0 spiro atoms. The predicted molar refractivity (Wildman–Crippen MR) is 88.2 cm³/mol. The first-order valence-corrected chi connectivity index (χ1v) is 8.75. The third kappa shape index (κ3) is 4.37. The van der Waals surface area contributed by atoms with Crippen molar-refractivity contribution >= 4 is 17.3 Å². The van der Waals surface area contributed by atoms with E-state index in [9.17, 15) is 9.90 Å². The summed E-state index contributed by atoms with van der Waals surface area (Å²) in [7, 11) is 2.24. The number of thiazole rings is 1. The highest BCUT2D eigenvalue weighted by atomic mass is 32.1. The number of aliphatic carboxylic acids is 1. The van der Waals surface area contributed by atoms with E-state index >= 15 is 0 Å². The number of likely N-dealkylation sites (N-methyl/N-ethyl adjacent to an activating group) is 1. The third-order valence-corrected chi connectivity index (χ3v) is 5.13. The van der Waals surface area contributed by atoms with Crippen LogP contribution in [0.25, 0.3) is 10.6 Å². The van der Waals surface area contributed by atoms with E-state index in [2.05, 4.69) is 41.2 Å². The molecule has 3 rings (SSSR count). The zero-order valence-corrected chi connectivity index (χ0v) is 14.1. The lowest BCUT2D eigenvalue weighted by atomic mass is 10.1. The second-order valence-corrected chi connectivity index (χ2v) is 6.98. The normalized spacial score (nSPS) is 16.6. The van der Waals surface area contributed by atoms with Crippen LogP contribution in [0.5, 0.6) is 0 Å². The Bertz CT molecular complexity index is 661. The molecule has 2 aromatic rings. The molecule has 0 radical (unpaired) electrons. The highest BCUT2D eigenvalue weighted by Gasteiger charge is 2.16. The number of piperazine rings is 1. The maximum atomic E-state index is 10.6. The number of nitrogens with zero attached hydrogens (tertiary/aromatic N) is 2. The average Bonchev–Trinajstić information content (AvgIpc) is 2.98. The van der Waals surface area contributed by atoms with Gasteiger partial charge < -0.3 is 14.8 Å². The number of hydrogen-bond donors (Lipinski definition) is 1. The molecule has 1 N–H and O–H groups in total. The molecule has 122 valence electrons. The van der Waals surface area contributed by atoms with Gasteiger partial charge in [0.1, 0.15) is 5.01 Å². The van der Waals surface area contributed by atoms with Gasteiger partial charge in [-0.15, -0.1) is 11.3 Å². The van der Waals surface area contributed by atoms with Crippen LogP contribution < -0.4 is 10.0 Å². The smallest absolute Gasteiger partial charge is 0.123 e. The van der Waals surface area contributed by atoms with E-state index in [0.29, 0.717) is 5.69 Å². The molecule has 1 aliphatic heterocycles. The van der Waals surface area contributed by atoms with Crippen molar-refractivity contribution in [3.8, 4) is 10.6 Å². The number of hydrogen-bond acceptors (Lipinski definition) is 5. The molecule has 23 heavy (non-hydrogen) atoms. The first-order valence-electron chi connectivity index (χ1n) is 7.87. The second kappa shape index (κ2) is 7.21. The Labute approximate surface area is 140 Å². The number of nitrogens with one attached hydrogen (secondary N) is 1. The van der Waals surface area contributed by atoms with Gasteiger partial charge in [-0.05, 0) is 5.56 Å². The Morgan fingerprint density at radius 2 is 2.00 bits per heavy atom. The van der Waals surface area contributed by atoms with E-state index in [1.165, 1.54) is 30.0 Å². The molecule has 1 aliphatic rings. The summed E-state index contributed by atoms with van der Waals surface area (Å²) < 4.78 is 0. The van der Waals surface area contributed by atoms with E-state index in [4.69, 9.17) is 0 Å². The summed E-state index contributed by atoms with van der Waals surface area (Å²) >= 11 is 1.47.